The van der Waals surface area contributed by atoms with E-state index in [-0.39, 0.29) is 6.61 Å². The van der Waals surface area contributed by atoms with E-state index in [9.17, 15) is 8.42 Å². The van der Waals surface area contributed by atoms with E-state index >= 15 is 0 Å². The van der Waals surface area contributed by atoms with E-state index in [0.29, 0.717) is 19.3 Å². The van der Waals surface area contributed by atoms with Crippen LogP contribution in [0.1, 0.15) is 78.1 Å². The van der Waals surface area contributed by atoms with E-state index in [1.165, 1.54) is 64.2 Å². The Hall–Kier alpha value is -0.250. The molecule has 0 amide bonds. The molecule has 7 nitrogen and oxygen atoms in total. The highest BCUT2D eigenvalue weighted by molar-refractivity contribution is 7.80. The van der Waals surface area contributed by atoms with Crippen molar-refractivity contribution in [2.24, 2.45) is 0 Å². The molecule has 0 aromatic carbocycles. The SMILES string of the molecule is CCCCCCCCCCCC(C)NCCOCCO.COS(=O)(=O)O. The minimum atomic E-state index is -4.16. The van der Waals surface area contributed by atoms with Crippen molar-refractivity contribution in [3.8, 4) is 0 Å². The van der Waals surface area contributed by atoms with Gasteiger partial charge in [-0.15, -0.1) is 0 Å². The summed E-state index contributed by atoms with van der Waals surface area (Å²) in [6, 6.07) is 0.581. The van der Waals surface area contributed by atoms with Crippen molar-refractivity contribution in [1.82, 2.24) is 5.32 Å². The Morgan fingerprint density at radius 2 is 1.46 bits per heavy atom. The predicted molar refractivity (Wildman–Crippen MR) is 106 cm³/mol. The molecule has 0 aliphatic heterocycles. The molecule has 0 fully saturated rings. The Morgan fingerprint density at radius 1 is 0.962 bits per heavy atom. The summed E-state index contributed by atoms with van der Waals surface area (Å²) in [6.07, 6.45) is 13.8. The van der Waals surface area contributed by atoms with Crippen LogP contribution in [0.2, 0.25) is 0 Å². The second-order valence-corrected chi connectivity index (χ2v) is 7.59. The van der Waals surface area contributed by atoms with Crippen molar-refractivity contribution in [3.63, 3.8) is 0 Å². The molecule has 0 aromatic heterocycles. The van der Waals surface area contributed by atoms with Crippen LogP contribution in [0.15, 0.2) is 0 Å². The van der Waals surface area contributed by atoms with Gasteiger partial charge in [-0.05, 0) is 13.3 Å². The summed E-state index contributed by atoms with van der Waals surface area (Å²) < 4.78 is 34.9. The van der Waals surface area contributed by atoms with Crippen LogP contribution < -0.4 is 5.32 Å². The van der Waals surface area contributed by atoms with Crippen molar-refractivity contribution in [2.75, 3.05) is 33.5 Å². The van der Waals surface area contributed by atoms with Crippen molar-refractivity contribution in [1.29, 1.82) is 0 Å². The Labute approximate surface area is 160 Å². The number of rotatable bonds is 17. The number of ether oxygens (including phenoxy) is 1. The fourth-order valence-corrected chi connectivity index (χ4v) is 2.41. The quantitative estimate of drug-likeness (QED) is 0.254. The zero-order chi connectivity index (χ0) is 20.1. The van der Waals surface area contributed by atoms with E-state index in [1.54, 1.807) is 0 Å². The van der Waals surface area contributed by atoms with Gasteiger partial charge in [0.2, 0.25) is 0 Å². The smallest absolute Gasteiger partial charge is 0.394 e. The van der Waals surface area contributed by atoms with Crippen LogP contribution in [0, 0.1) is 0 Å². The molecule has 8 heteroatoms. The minimum Gasteiger partial charge on any atom is -0.394 e. The van der Waals surface area contributed by atoms with Crippen LogP contribution in [0.25, 0.3) is 0 Å². The number of hydrogen-bond donors (Lipinski definition) is 3. The van der Waals surface area contributed by atoms with Gasteiger partial charge in [-0.2, -0.15) is 8.42 Å². The van der Waals surface area contributed by atoms with Gasteiger partial charge in [-0.25, -0.2) is 0 Å². The van der Waals surface area contributed by atoms with Gasteiger partial charge in [0.15, 0.2) is 0 Å². The molecule has 0 heterocycles. The Kier molecular flexibility index (Phi) is 22.6. The largest absolute Gasteiger partial charge is 0.397 e. The summed E-state index contributed by atoms with van der Waals surface area (Å²) in [5, 5.41) is 12.0. The van der Waals surface area contributed by atoms with Gasteiger partial charge in [0.1, 0.15) is 0 Å². The Balaban J connectivity index is 0. The van der Waals surface area contributed by atoms with Crippen LogP contribution >= 0.6 is 0 Å². The van der Waals surface area contributed by atoms with Gasteiger partial charge in [-0.3, -0.25) is 8.74 Å². The van der Waals surface area contributed by atoms with Gasteiger partial charge in [0.25, 0.3) is 0 Å². The van der Waals surface area contributed by atoms with Crippen molar-refractivity contribution < 1.29 is 27.0 Å². The first-order valence-electron chi connectivity index (χ1n) is 9.82. The van der Waals surface area contributed by atoms with Gasteiger partial charge in [0, 0.05) is 12.6 Å². The maximum absolute atomic E-state index is 9.33. The molecule has 0 radical (unpaired) electrons. The molecule has 0 spiro atoms. The summed E-state index contributed by atoms with van der Waals surface area (Å²) >= 11 is 0. The summed E-state index contributed by atoms with van der Waals surface area (Å²) in [5.41, 5.74) is 0. The molecule has 0 rings (SSSR count). The third-order valence-corrected chi connectivity index (χ3v) is 4.35. The Morgan fingerprint density at radius 3 is 1.92 bits per heavy atom. The number of nitrogens with one attached hydrogen (secondary N) is 1. The van der Waals surface area contributed by atoms with Gasteiger partial charge >= 0.3 is 10.4 Å². The highest BCUT2D eigenvalue weighted by Gasteiger charge is 2.00. The molecule has 0 aliphatic rings. The van der Waals surface area contributed by atoms with Crippen LogP contribution in [0.5, 0.6) is 0 Å². The van der Waals surface area contributed by atoms with E-state index < -0.39 is 10.4 Å². The zero-order valence-corrected chi connectivity index (χ0v) is 17.7. The zero-order valence-electron chi connectivity index (χ0n) is 16.9. The predicted octanol–water partition coefficient (Wildman–Crippen LogP) is 3.33. The molecule has 0 aliphatic carbocycles. The molecule has 1 atom stereocenters. The van der Waals surface area contributed by atoms with Crippen molar-refractivity contribution >= 4 is 10.4 Å². The monoisotopic (exact) mass is 399 g/mol. The maximum Gasteiger partial charge on any atom is 0.397 e. The van der Waals surface area contributed by atoms with Crippen LogP contribution in [0.4, 0.5) is 0 Å². The highest BCUT2D eigenvalue weighted by atomic mass is 32.3. The fourth-order valence-electron chi connectivity index (χ4n) is 2.41. The van der Waals surface area contributed by atoms with Crippen LogP contribution in [0.3, 0.4) is 0 Å². The van der Waals surface area contributed by atoms with E-state index in [2.05, 4.69) is 23.3 Å². The second kappa shape index (κ2) is 21.1. The third kappa shape index (κ3) is 28.5. The van der Waals surface area contributed by atoms with E-state index in [4.69, 9.17) is 14.4 Å². The first-order valence-corrected chi connectivity index (χ1v) is 11.2. The average molecular weight is 400 g/mol. The second-order valence-electron chi connectivity index (χ2n) is 6.40. The number of aliphatic hydroxyl groups excluding tert-OH is 1. The van der Waals surface area contributed by atoms with Gasteiger partial charge in [-0.1, -0.05) is 64.7 Å². The maximum atomic E-state index is 9.33. The van der Waals surface area contributed by atoms with Crippen molar-refractivity contribution in [2.45, 2.75) is 84.1 Å². The number of unbranched alkanes of at least 4 members (excludes halogenated alkanes) is 8. The van der Waals surface area contributed by atoms with Gasteiger partial charge in [0.05, 0.1) is 26.9 Å². The molecule has 160 valence electrons. The first-order chi connectivity index (χ1) is 12.4. The van der Waals surface area contributed by atoms with Crippen LogP contribution in [-0.2, 0) is 19.3 Å². The number of aliphatic hydroxyl groups is 1. The van der Waals surface area contributed by atoms with Gasteiger partial charge < -0.3 is 15.2 Å². The lowest BCUT2D eigenvalue weighted by molar-refractivity contribution is 0.0926. The molecule has 0 aromatic rings. The Bertz CT molecular complexity index is 365. The topological polar surface area (TPSA) is 105 Å². The lowest BCUT2D eigenvalue weighted by atomic mass is 10.0. The minimum absolute atomic E-state index is 0.119. The summed E-state index contributed by atoms with van der Waals surface area (Å²) in [4.78, 5) is 0. The average Bonchev–Trinajstić information content (AvgIpc) is 2.60. The molecule has 1 unspecified atom stereocenters. The molecule has 0 saturated heterocycles. The standard InChI is InChI=1S/C17H37NO2.CH4O4S/c1-3-4-5-6-7-8-9-10-11-12-17(2)18-13-15-20-16-14-19;1-5-6(2,3)4/h17-19H,3-16H2,1-2H3;1H3,(H,2,3,4). The normalized spacial score (nSPS) is 12.5. The van der Waals surface area contributed by atoms with E-state index in [1.807, 2.05) is 0 Å². The van der Waals surface area contributed by atoms with Crippen LogP contribution in [-0.4, -0.2) is 57.6 Å². The fraction of sp³-hybridized carbons (Fsp3) is 1.00. The molecule has 3 N–H and O–H groups in total. The summed E-state index contributed by atoms with van der Waals surface area (Å²) in [5.74, 6) is 0. The summed E-state index contributed by atoms with van der Waals surface area (Å²) in [6.45, 7) is 6.67. The first kappa shape index (κ1) is 28.0. The lowest BCUT2D eigenvalue weighted by Crippen LogP contribution is -2.29. The van der Waals surface area contributed by atoms with E-state index in [0.717, 1.165) is 13.7 Å². The molecule has 0 saturated carbocycles. The summed E-state index contributed by atoms with van der Waals surface area (Å²) in [7, 11) is -3.29. The molecular formula is C18H41NO6S. The highest BCUT2D eigenvalue weighted by Crippen LogP contribution is 2.11. The molecule has 26 heavy (non-hydrogen) atoms. The molecular weight excluding hydrogens is 358 g/mol. The lowest BCUT2D eigenvalue weighted by Gasteiger charge is -2.13. The van der Waals surface area contributed by atoms with Crippen molar-refractivity contribution in [3.05, 3.63) is 0 Å². The third-order valence-electron chi connectivity index (χ3n) is 3.93. The number of hydrogen-bond acceptors (Lipinski definition) is 6. The molecule has 0 bridgehead atoms.